The van der Waals surface area contributed by atoms with E-state index in [1.807, 2.05) is 0 Å². The molecule has 47 heavy (non-hydrogen) atoms. The normalized spacial score (nSPS) is 18.0. The molecule has 1 heterocycles. The molecule has 226 valence electrons. The van der Waals surface area contributed by atoms with Crippen LogP contribution in [0.25, 0.3) is 43.8 Å². The summed E-state index contributed by atoms with van der Waals surface area (Å²) in [5.41, 5.74) is 11.1. The summed E-state index contributed by atoms with van der Waals surface area (Å²) in [4.78, 5) is 5.34. The Balaban J connectivity index is 1.20. The van der Waals surface area contributed by atoms with Crippen LogP contribution in [0.1, 0.15) is 54.0 Å². The lowest BCUT2D eigenvalue weighted by molar-refractivity contribution is 0.409. The summed E-state index contributed by atoms with van der Waals surface area (Å²) in [6.45, 7) is 4.76. The van der Waals surface area contributed by atoms with Crippen LogP contribution in [-0.2, 0) is 5.41 Å². The van der Waals surface area contributed by atoms with Crippen LogP contribution in [0.5, 0.6) is 0 Å². The Morgan fingerprint density at radius 1 is 0.553 bits per heavy atom. The van der Waals surface area contributed by atoms with Crippen molar-refractivity contribution >= 4 is 27.4 Å². The molecule has 2 aliphatic rings. The van der Waals surface area contributed by atoms with Crippen LogP contribution >= 0.6 is 0 Å². The van der Waals surface area contributed by atoms with Crippen molar-refractivity contribution in [3.63, 3.8) is 0 Å². The van der Waals surface area contributed by atoms with Crippen LogP contribution in [0.4, 0.5) is 0 Å². The third-order valence-electron chi connectivity index (χ3n) is 10.1. The van der Waals surface area contributed by atoms with Crippen molar-refractivity contribution in [1.82, 2.24) is 10.6 Å². The molecule has 1 aliphatic carbocycles. The van der Waals surface area contributed by atoms with Crippen LogP contribution in [0.15, 0.2) is 157 Å². The Hall–Kier alpha value is -5.51. The maximum atomic E-state index is 5.34. The highest BCUT2D eigenvalue weighted by atomic mass is 15.3. The monoisotopic (exact) mass is 605 g/mol. The number of fused-ring (bicyclic) bond motifs is 6. The number of nitrogens with one attached hydrogen (secondary N) is 2. The molecule has 2 N–H and O–H groups in total. The molecule has 0 saturated heterocycles. The lowest BCUT2D eigenvalue weighted by Gasteiger charge is -2.32. The molecule has 9 rings (SSSR count). The van der Waals surface area contributed by atoms with E-state index in [-0.39, 0.29) is 17.7 Å². The van der Waals surface area contributed by atoms with Crippen LogP contribution in [0, 0.1) is 0 Å². The highest BCUT2D eigenvalue weighted by Crippen LogP contribution is 2.55. The first kappa shape index (κ1) is 27.8. The molecule has 0 bridgehead atoms. The van der Waals surface area contributed by atoms with Gasteiger partial charge in [0.05, 0.1) is 0 Å². The third kappa shape index (κ3) is 4.58. The highest BCUT2D eigenvalue weighted by Gasteiger charge is 2.39. The summed E-state index contributed by atoms with van der Waals surface area (Å²) >= 11 is 0. The van der Waals surface area contributed by atoms with E-state index in [0.29, 0.717) is 0 Å². The average Bonchev–Trinajstić information content (AvgIpc) is 3.38. The largest absolute Gasteiger partial charge is 0.350 e. The van der Waals surface area contributed by atoms with Gasteiger partial charge in [-0.3, -0.25) is 5.32 Å². The van der Waals surface area contributed by atoms with Crippen LogP contribution < -0.4 is 10.6 Å². The molecular formula is C44H35N3. The summed E-state index contributed by atoms with van der Waals surface area (Å²) in [7, 11) is 0. The molecule has 0 aromatic heterocycles. The van der Waals surface area contributed by atoms with E-state index in [1.165, 1.54) is 60.5 Å². The number of amidine groups is 1. The summed E-state index contributed by atoms with van der Waals surface area (Å²) in [6, 6.07) is 54.8. The van der Waals surface area contributed by atoms with E-state index in [4.69, 9.17) is 4.99 Å². The average molecular weight is 606 g/mol. The lowest BCUT2D eigenvalue weighted by atomic mass is 9.79. The van der Waals surface area contributed by atoms with Gasteiger partial charge in [-0.05, 0) is 84.3 Å². The molecule has 2 unspecified atom stereocenters. The molecule has 1 aliphatic heterocycles. The standard InChI is InChI=1S/C44H35N3/c1-44(2)38-27-34(23-24-36(38)39-37(29-14-5-3-6-15-29)26-32-19-11-12-20-35(32)40(39)44)43-46-41(30-16-7-4-8-17-30)45-42(47-43)33-22-21-28-13-9-10-18-31(28)25-33/h3-27,41-42,45H,1-2H3,(H,46,47). The fourth-order valence-corrected chi connectivity index (χ4v) is 7.75. The zero-order valence-electron chi connectivity index (χ0n) is 26.5. The Morgan fingerprint density at radius 3 is 2.06 bits per heavy atom. The highest BCUT2D eigenvalue weighted by molar-refractivity contribution is 6.06. The van der Waals surface area contributed by atoms with Gasteiger partial charge in [-0.15, -0.1) is 0 Å². The topological polar surface area (TPSA) is 36.4 Å². The van der Waals surface area contributed by atoms with E-state index >= 15 is 0 Å². The van der Waals surface area contributed by atoms with Gasteiger partial charge in [-0.2, -0.15) is 0 Å². The minimum absolute atomic E-state index is 0.0905. The van der Waals surface area contributed by atoms with Gasteiger partial charge in [0.1, 0.15) is 18.2 Å². The fourth-order valence-electron chi connectivity index (χ4n) is 7.75. The van der Waals surface area contributed by atoms with Crippen molar-refractivity contribution in [1.29, 1.82) is 0 Å². The van der Waals surface area contributed by atoms with Crippen LogP contribution in [0.2, 0.25) is 0 Å². The van der Waals surface area contributed by atoms with E-state index in [9.17, 15) is 0 Å². The molecular weight excluding hydrogens is 571 g/mol. The number of aliphatic imine (C=N–C) groups is 1. The fraction of sp³-hybridized carbons (Fsp3) is 0.114. The van der Waals surface area contributed by atoms with E-state index in [1.54, 1.807) is 0 Å². The second kappa shape index (κ2) is 10.8. The Labute approximate surface area is 275 Å². The number of hydrogen-bond acceptors (Lipinski definition) is 3. The minimum atomic E-state index is -0.201. The Morgan fingerprint density at radius 2 is 1.26 bits per heavy atom. The van der Waals surface area contributed by atoms with Gasteiger partial charge in [0, 0.05) is 11.0 Å². The first-order valence-electron chi connectivity index (χ1n) is 16.5. The number of hydrogen-bond donors (Lipinski definition) is 2. The van der Waals surface area contributed by atoms with E-state index in [2.05, 4.69) is 176 Å². The molecule has 0 saturated carbocycles. The van der Waals surface area contributed by atoms with Crippen molar-refractivity contribution in [2.45, 2.75) is 31.6 Å². The Kier molecular flexibility index (Phi) is 6.38. The van der Waals surface area contributed by atoms with Gasteiger partial charge in [0.15, 0.2) is 0 Å². The van der Waals surface area contributed by atoms with Gasteiger partial charge >= 0.3 is 0 Å². The van der Waals surface area contributed by atoms with Crippen molar-refractivity contribution < 1.29 is 0 Å². The van der Waals surface area contributed by atoms with Gasteiger partial charge < -0.3 is 5.32 Å². The maximum absolute atomic E-state index is 5.34. The molecule has 3 nitrogen and oxygen atoms in total. The quantitative estimate of drug-likeness (QED) is 0.209. The predicted octanol–water partition coefficient (Wildman–Crippen LogP) is 10.3. The van der Waals surface area contributed by atoms with Gasteiger partial charge in [0.25, 0.3) is 0 Å². The molecule has 0 radical (unpaired) electrons. The number of benzene rings is 7. The SMILES string of the molecule is CC1(C)c2cc(C3=NC(c4ccc5ccccc5c4)NC(c4ccccc4)N3)ccc2-c2c(-c3ccccc3)cc3ccccc3c21. The number of nitrogens with zero attached hydrogens (tertiary/aromatic N) is 1. The first-order chi connectivity index (χ1) is 23.0. The summed E-state index contributed by atoms with van der Waals surface area (Å²) in [5.74, 6) is 0.901. The summed E-state index contributed by atoms with van der Waals surface area (Å²) in [5, 5.41) is 12.6. The minimum Gasteiger partial charge on any atom is -0.350 e. The molecule has 3 heteroatoms. The van der Waals surface area contributed by atoms with Crippen LogP contribution in [-0.4, -0.2) is 5.84 Å². The third-order valence-corrected chi connectivity index (χ3v) is 10.1. The van der Waals surface area contributed by atoms with Gasteiger partial charge in [-0.25, -0.2) is 4.99 Å². The van der Waals surface area contributed by atoms with Crippen molar-refractivity contribution in [2.24, 2.45) is 4.99 Å². The first-order valence-corrected chi connectivity index (χ1v) is 16.5. The maximum Gasteiger partial charge on any atom is 0.131 e. The zero-order valence-corrected chi connectivity index (χ0v) is 26.5. The predicted molar refractivity (Wildman–Crippen MR) is 196 cm³/mol. The molecule has 2 atom stereocenters. The molecule has 7 aromatic carbocycles. The number of rotatable bonds is 4. The second-order valence-electron chi connectivity index (χ2n) is 13.3. The zero-order chi connectivity index (χ0) is 31.5. The van der Waals surface area contributed by atoms with Crippen LogP contribution in [0.3, 0.4) is 0 Å². The molecule has 0 amide bonds. The van der Waals surface area contributed by atoms with Crippen molar-refractivity contribution in [3.8, 4) is 22.3 Å². The van der Waals surface area contributed by atoms with Crippen molar-refractivity contribution in [3.05, 3.63) is 179 Å². The van der Waals surface area contributed by atoms with Crippen molar-refractivity contribution in [2.75, 3.05) is 0 Å². The summed E-state index contributed by atoms with van der Waals surface area (Å²) in [6.07, 6.45) is -0.291. The van der Waals surface area contributed by atoms with Gasteiger partial charge in [0.2, 0.25) is 0 Å². The van der Waals surface area contributed by atoms with Gasteiger partial charge in [-0.1, -0.05) is 147 Å². The molecule has 7 aromatic rings. The lowest BCUT2D eigenvalue weighted by Crippen LogP contribution is -2.45. The van der Waals surface area contributed by atoms with E-state index < -0.39 is 0 Å². The molecule has 0 fully saturated rings. The Bertz CT molecular complexity index is 2340. The summed E-state index contributed by atoms with van der Waals surface area (Å²) < 4.78 is 0. The second-order valence-corrected chi connectivity index (χ2v) is 13.3. The molecule has 0 spiro atoms. The smallest absolute Gasteiger partial charge is 0.131 e. The van der Waals surface area contributed by atoms with E-state index in [0.717, 1.165) is 17.0 Å².